The minimum atomic E-state index is -1.23. The van der Waals surface area contributed by atoms with Gasteiger partial charge in [0.1, 0.15) is 12.4 Å². The standard InChI is InChI=1S/C12H15NO5/c1-7(2)18-6-11(15)13-10-4-3-8(14)5-9(10)12(16)17/h3-5,7,14H,6H2,1-2H3,(H,13,15)(H,16,17). The molecule has 98 valence electrons. The maximum Gasteiger partial charge on any atom is 0.337 e. The molecule has 0 aliphatic heterocycles. The molecule has 6 heteroatoms. The van der Waals surface area contributed by atoms with E-state index in [0.717, 1.165) is 6.07 Å². The number of ether oxygens (including phenoxy) is 1. The van der Waals surface area contributed by atoms with Gasteiger partial charge in [-0.05, 0) is 32.0 Å². The first-order chi connectivity index (χ1) is 8.40. The van der Waals surface area contributed by atoms with Crippen molar-refractivity contribution in [1.29, 1.82) is 0 Å². The van der Waals surface area contributed by atoms with Crippen LogP contribution in [0.4, 0.5) is 5.69 Å². The number of carbonyl (C=O) groups excluding carboxylic acids is 1. The molecular formula is C12H15NO5. The summed E-state index contributed by atoms with van der Waals surface area (Å²) < 4.78 is 5.09. The van der Waals surface area contributed by atoms with Gasteiger partial charge in [0.25, 0.3) is 0 Å². The van der Waals surface area contributed by atoms with E-state index in [1.165, 1.54) is 12.1 Å². The van der Waals surface area contributed by atoms with E-state index in [1.807, 2.05) is 0 Å². The van der Waals surface area contributed by atoms with Crippen molar-refractivity contribution in [3.63, 3.8) is 0 Å². The van der Waals surface area contributed by atoms with Gasteiger partial charge in [-0.1, -0.05) is 0 Å². The Labute approximate surface area is 104 Å². The van der Waals surface area contributed by atoms with Crippen molar-refractivity contribution in [3.8, 4) is 5.75 Å². The van der Waals surface area contributed by atoms with E-state index in [4.69, 9.17) is 9.84 Å². The van der Waals surface area contributed by atoms with Crippen molar-refractivity contribution in [2.24, 2.45) is 0 Å². The van der Waals surface area contributed by atoms with Crippen LogP contribution in [0.15, 0.2) is 18.2 Å². The lowest BCUT2D eigenvalue weighted by Gasteiger charge is -2.10. The van der Waals surface area contributed by atoms with Crippen LogP contribution in [0.25, 0.3) is 0 Å². The summed E-state index contributed by atoms with van der Waals surface area (Å²) in [5.41, 5.74) is -0.0504. The largest absolute Gasteiger partial charge is 0.508 e. The zero-order chi connectivity index (χ0) is 13.7. The fourth-order valence-corrected chi connectivity index (χ4v) is 1.25. The summed E-state index contributed by atoms with van der Waals surface area (Å²) in [5, 5.41) is 20.5. The van der Waals surface area contributed by atoms with Gasteiger partial charge in [-0.15, -0.1) is 0 Å². The highest BCUT2D eigenvalue weighted by atomic mass is 16.5. The van der Waals surface area contributed by atoms with Gasteiger partial charge in [-0.3, -0.25) is 4.79 Å². The van der Waals surface area contributed by atoms with Crippen LogP contribution in [0, 0.1) is 0 Å². The number of phenols is 1. The second kappa shape index (κ2) is 6.02. The van der Waals surface area contributed by atoms with Crippen LogP contribution in [0.3, 0.4) is 0 Å². The number of anilines is 1. The van der Waals surface area contributed by atoms with Gasteiger partial charge < -0.3 is 20.3 Å². The number of nitrogens with one attached hydrogen (secondary N) is 1. The molecule has 1 aromatic carbocycles. The number of rotatable bonds is 5. The molecule has 1 amide bonds. The van der Waals surface area contributed by atoms with Crippen LogP contribution in [0.5, 0.6) is 5.75 Å². The Morgan fingerprint density at radius 1 is 1.39 bits per heavy atom. The lowest BCUT2D eigenvalue weighted by atomic mass is 10.1. The Hall–Kier alpha value is -2.08. The number of phenolic OH excluding ortho intramolecular Hbond substituents is 1. The van der Waals surface area contributed by atoms with E-state index in [9.17, 15) is 14.7 Å². The minimum Gasteiger partial charge on any atom is -0.508 e. The molecule has 3 N–H and O–H groups in total. The molecule has 0 bridgehead atoms. The molecule has 6 nitrogen and oxygen atoms in total. The maximum atomic E-state index is 11.5. The van der Waals surface area contributed by atoms with Gasteiger partial charge in [0.05, 0.1) is 17.4 Å². The molecule has 0 aliphatic carbocycles. The number of aromatic carboxylic acids is 1. The van der Waals surface area contributed by atoms with Crippen LogP contribution >= 0.6 is 0 Å². The zero-order valence-corrected chi connectivity index (χ0v) is 10.1. The number of amides is 1. The van der Waals surface area contributed by atoms with E-state index in [1.54, 1.807) is 13.8 Å². The van der Waals surface area contributed by atoms with E-state index in [2.05, 4.69) is 5.32 Å². The molecule has 0 spiro atoms. The Balaban J connectivity index is 2.78. The van der Waals surface area contributed by atoms with Gasteiger partial charge in [0.2, 0.25) is 5.91 Å². The quantitative estimate of drug-likeness (QED) is 0.690. The summed E-state index contributed by atoms with van der Waals surface area (Å²) in [5.74, 6) is -1.85. The second-order valence-corrected chi connectivity index (χ2v) is 3.94. The number of carboxylic acids is 1. The van der Waals surface area contributed by atoms with Crippen molar-refractivity contribution >= 4 is 17.6 Å². The highest BCUT2D eigenvalue weighted by molar-refractivity contribution is 6.01. The number of aromatic hydroxyl groups is 1. The van der Waals surface area contributed by atoms with Crippen LogP contribution in [-0.4, -0.2) is 34.8 Å². The van der Waals surface area contributed by atoms with Gasteiger partial charge in [0.15, 0.2) is 0 Å². The highest BCUT2D eigenvalue weighted by Crippen LogP contribution is 2.21. The average Bonchev–Trinajstić information content (AvgIpc) is 2.28. The lowest BCUT2D eigenvalue weighted by molar-refractivity contribution is -0.121. The zero-order valence-electron chi connectivity index (χ0n) is 10.1. The molecule has 0 atom stereocenters. The summed E-state index contributed by atoms with van der Waals surface area (Å²) in [6, 6.07) is 3.69. The summed E-state index contributed by atoms with van der Waals surface area (Å²) in [7, 11) is 0. The molecule has 18 heavy (non-hydrogen) atoms. The number of hydrogen-bond acceptors (Lipinski definition) is 4. The Morgan fingerprint density at radius 3 is 2.61 bits per heavy atom. The van der Waals surface area contributed by atoms with Crippen molar-refractivity contribution in [3.05, 3.63) is 23.8 Å². The van der Waals surface area contributed by atoms with Gasteiger partial charge >= 0.3 is 5.97 Å². The van der Waals surface area contributed by atoms with Crippen LogP contribution in [0.2, 0.25) is 0 Å². The first-order valence-corrected chi connectivity index (χ1v) is 5.38. The number of benzene rings is 1. The summed E-state index contributed by atoms with van der Waals surface area (Å²) in [6.45, 7) is 3.42. The SMILES string of the molecule is CC(C)OCC(=O)Nc1ccc(O)cc1C(=O)O. The lowest BCUT2D eigenvalue weighted by Crippen LogP contribution is -2.21. The van der Waals surface area contributed by atoms with Crippen molar-refractivity contribution in [2.75, 3.05) is 11.9 Å². The third-order valence-electron chi connectivity index (χ3n) is 2.06. The summed E-state index contributed by atoms with van der Waals surface area (Å²) in [4.78, 5) is 22.4. The highest BCUT2D eigenvalue weighted by Gasteiger charge is 2.13. The molecule has 0 aliphatic rings. The first-order valence-electron chi connectivity index (χ1n) is 5.38. The number of hydrogen-bond donors (Lipinski definition) is 3. The van der Waals surface area contributed by atoms with Crippen LogP contribution in [-0.2, 0) is 9.53 Å². The monoisotopic (exact) mass is 253 g/mol. The third-order valence-corrected chi connectivity index (χ3v) is 2.06. The molecule has 0 heterocycles. The smallest absolute Gasteiger partial charge is 0.337 e. The molecule has 0 unspecified atom stereocenters. The molecule has 0 saturated carbocycles. The van der Waals surface area contributed by atoms with Crippen molar-refractivity contribution in [2.45, 2.75) is 20.0 Å². The van der Waals surface area contributed by atoms with E-state index < -0.39 is 11.9 Å². The predicted molar refractivity (Wildman–Crippen MR) is 64.8 cm³/mol. The number of carbonyl (C=O) groups is 2. The van der Waals surface area contributed by atoms with E-state index in [-0.39, 0.29) is 29.7 Å². The van der Waals surface area contributed by atoms with Crippen LogP contribution in [0.1, 0.15) is 24.2 Å². The summed E-state index contributed by atoms with van der Waals surface area (Å²) in [6.07, 6.45) is -0.0884. The van der Waals surface area contributed by atoms with E-state index >= 15 is 0 Å². The molecule has 0 fully saturated rings. The van der Waals surface area contributed by atoms with E-state index in [0.29, 0.717) is 0 Å². The number of carboxylic acid groups (broad SMARTS) is 1. The Kier molecular flexibility index (Phi) is 4.67. The first kappa shape index (κ1) is 14.0. The maximum absolute atomic E-state index is 11.5. The minimum absolute atomic E-state index is 0.0884. The van der Waals surface area contributed by atoms with Crippen molar-refractivity contribution in [1.82, 2.24) is 0 Å². The van der Waals surface area contributed by atoms with Gasteiger partial charge in [-0.25, -0.2) is 4.79 Å². The fraction of sp³-hybridized carbons (Fsp3) is 0.333. The predicted octanol–water partition coefficient (Wildman–Crippen LogP) is 1.45. The molecular weight excluding hydrogens is 238 g/mol. The Bertz CT molecular complexity index is 456. The van der Waals surface area contributed by atoms with Crippen LogP contribution < -0.4 is 5.32 Å². The molecule has 1 rings (SSSR count). The van der Waals surface area contributed by atoms with Crippen molar-refractivity contribution < 1.29 is 24.5 Å². The molecule has 0 radical (unpaired) electrons. The van der Waals surface area contributed by atoms with Gasteiger partial charge in [0, 0.05) is 0 Å². The van der Waals surface area contributed by atoms with Gasteiger partial charge in [-0.2, -0.15) is 0 Å². The normalized spacial score (nSPS) is 10.4. The molecule has 0 saturated heterocycles. The third kappa shape index (κ3) is 4.06. The fourth-order valence-electron chi connectivity index (χ4n) is 1.25. The summed E-state index contributed by atoms with van der Waals surface area (Å²) >= 11 is 0. The Morgan fingerprint density at radius 2 is 2.06 bits per heavy atom. The topological polar surface area (TPSA) is 95.9 Å². The molecule has 1 aromatic rings. The second-order valence-electron chi connectivity index (χ2n) is 3.94. The molecule has 0 aromatic heterocycles. The average molecular weight is 253 g/mol.